The van der Waals surface area contributed by atoms with E-state index in [2.05, 4.69) is 74.0 Å². The van der Waals surface area contributed by atoms with E-state index >= 15 is 0 Å². The first-order chi connectivity index (χ1) is 9.58. The molecule has 3 heteroatoms. The molecule has 1 atom stereocenters. The largest absolute Gasteiger partial charge is 0.310 e. The Morgan fingerprint density at radius 2 is 1.80 bits per heavy atom. The van der Waals surface area contributed by atoms with Gasteiger partial charge < -0.3 is 5.32 Å². The fourth-order valence-electron chi connectivity index (χ4n) is 2.79. The lowest BCUT2D eigenvalue weighted by molar-refractivity contribution is 0.598. The zero-order valence-corrected chi connectivity index (χ0v) is 13.2. The highest BCUT2D eigenvalue weighted by molar-refractivity contribution is 5.68. The van der Waals surface area contributed by atoms with Crippen molar-refractivity contribution in [1.29, 1.82) is 0 Å². The maximum absolute atomic E-state index is 4.60. The summed E-state index contributed by atoms with van der Waals surface area (Å²) >= 11 is 0. The van der Waals surface area contributed by atoms with Crippen LogP contribution in [0, 0.1) is 13.8 Å². The van der Waals surface area contributed by atoms with Crippen molar-refractivity contribution in [3.05, 3.63) is 41.2 Å². The second-order valence-corrected chi connectivity index (χ2v) is 5.26. The van der Waals surface area contributed by atoms with Gasteiger partial charge in [-0.05, 0) is 45.4 Å². The molecule has 0 aliphatic carbocycles. The van der Waals surface area contributed by atoms with Crippen LogP contribution in [0.4, 0.5) is 0 Å². The quantitative estimate of drug-likeness (QED) is 0.895. The van der Waals surface area contributed by atoms with Gasteiger partial charge in [0.25, 0.3) is 0 Å². The van der Waals surface area contributed by atoms with Crippen LogP contribution in [0.25, 0.3) is 11.1 Å². The minimum atomic E-state index is 0.398. The number of aromatic nitrogens is 2. The summed E-state index contributed by atoms with van der Waals surface area (Å²) in [4.78, 5) is 0. The van der Waals surface area contributed by atoms with Gasteiger partial charge in [0.15, 0.2) is 0 Å². The summed E-state index contributed by atoms with van der Waals surface area (Å²) in [5.41, 5.74) is 6.21. The van der Waals surface area contributed by atoms with Crippen LogP contribution in [-0.2, 0) is 6.54 Å². The molecule has 1 aromatic heterocycles. The summed E-state index contributed by atoms with van der Waals surface area (Å²) in [6.07, 6.45) is 0. The van der Waals surface area contributed by atoms with E-state index in [-0.39, 0.29) is 0 Å². The fourth-order valence-corrected chi connectivity index (χ4v) is 2.79. The standard InChI is InChI=1S/C17H25N3/c1-6-18-12(3)15-8-10-16(11-9-15)17-13(4)19-20(7-2)14(17)5/h8-12,18H,6-7H2,1-5H3. The molecule has 1 unspecified atom stereocenters. The van der Waals surface area contributed by atoms with Gasteiger partial charge in [0.05, 0.1) is 5.69 Å². The smallest absolute Gasteiger partial charge is 0.0674 e. The van der Waals surface area contributed by atoms with Crippen LogP contribution in [0.15, 0.2) is 24.3 Å². The van der Waals surface area contributed by atoms with E-state index in [1.54, 1.807) is 0 Å². The van der Waals surface area contributed by atoms with E-state index in [1.165, 1.54) is 22.4 Å². The lowest BCUT2D eigenvalue weighted by atomic mass is 10.00. The number of hydrogen-bond donors (Lipinski definition) is 1. The topological polar surface area (TPSA) is 29.9 Å². The molecule has 0 saturated heterocycles. The van der Waals surface area contributed by atoms with Crippen molar-refractivity contribution in [3.8, 4) is 11.1 Å². The summed E-state index contributed by atoms with van der Waals surface area (Å²) in [6.45, 7) is 12.6. The zero-order valence-electron chi connectivity index (χ0n) is 13.2. The van der Waals surface area contributed by atoms with E-state index in [0.717, 1.165) is 18.8 Å². The monoisotopic (exact) mass is 271 g/mol. The summed E-state index contributed by atoms with van der Waals surface area (Å²) in [5.74, 6) is 0. The third-order valence-electron chi connectivity index (χ3n) is 3.89. The van der Waals surface area contributed by atoms with Crippen molar-refractivity contribution < 1.29 is 0 Å². The Morgan fingerprint density at radius 3 is 2.30 bits per heavy atom. The third-order valence-corrected chi connectivity index (χ3v) is 3.89. The molecule has 0 amide bonds. The fraction of sp³-hybridized carbons (Fsp3) is 0.471. The van der Waals surface area contributed by atoms with Crippen LogP contribution in [0.5, 0.6) is 0 Å². The van der Waals surface area contributed by atoms with Crippen LogP contribution in [-0.4, -0.2) is 16.3 Å². The Morgan fingerprint density at radius 1 is 1.15 bits per heavy atom. The third kappa shape index (κ3) is 2.78. The van der Waals surface area contributed by atoms with Gasteiger partial charge in [-0.15, -0.1) is 0 Å². The first-order valence-electron chi connectivity index (χ1n) is 7.46. The molecule has 0 bridgehead atoms. The van der Waals surface area contributed by atoms with E-state index in [4.69, 9.17) is 0 Å². The highest BCUT2D eigenvalue weighted by Gasteiger charge is 2.13. The number of nitrogens with one attached hydrogen (secondary N) is 1. The van der Waals surface area contributed by atoms with Crippen molar-refractivity contribution in [2.24, 2.45) is 0 Å². The highest BCUT2D eigenvalue weighted by Crippen LogP contribution is 2.28. The van der Waals surface area contributed by atoms with Crippen molar-refractivity contribution >= 4 is 0 Å². The van der Waals surface area contributed by atoms with Crippen LogP contribution in [0.3, 0.4) is 0 Å². The lowest BCUT2D eigenvalue weighted by Crippen LogP contribution is -2.17. The second-order valence-electron chi connectivity index (χ2n) is 5.26. The number of rotatable bonds is 5. The molecule has 0 spiro atoms. The number of benzene rings is 1. The van der Waals surface area contributed by atoms with E-state index in [0.29, 0.717) is 6.04 Å². The molecule has 1 N–H and O–H groups in total. The second kappa shape index (κ2) is 6.23. The Bertz CT molecular complexity index is 567. The number of aryl methyl sites for hydroxylation is 2. The number of hydrogen-bond acceptors (Lipinski definition) is 2. The molecule has 0 aliphatic rings. The summed E-state index contributed by atoms with van der Waals surface area (Å²) in [5, 5.41) is 8.04. The molecule has 0 fully saturated rings. The molecular weight excluding hydrogens is 246 g/mol. The predicted molar refractivity (Wildman–Crippen MR) is 84.9 cm³/mol. The average molecular weight is 271 g/mol. The molecule has 1 aromatic carbocycles. The normalized spacial score (nSPS) is 12.7. The van der Waals surface area contributed by atoms with Crippen molar-refractivity contribution in [3.63, 3.8) is 0 Å². The molecule has 0 saturated carbocycles. The molecule has 0 radical (unpaired) electrons. The summed E-state index contributed by atoms with van der Waals surface area (Å²) in [6, 6.07) is 9.24. The van der Waals surface area contributed by atoms with E-state index in [9.17, 15) is 0 Å². The number of nitrogens with zero attached hydrogens (tertiary/aromatic N) is 2. The van der Waals surface area contributed by atoms with Crippen molar-refractivity contribution in [1.82, 2.24) is 15.1 Å². The first-order valence-corrected chi connectivity index (χ1v) is 7.46. The van der Waals surface area contributed by atoms with Crippen LogP contribution < -0.4 is 5.32 Å². The maximum Gasteiger partial charge on any atom is 0.0674 e. The van der Waals surface area contributed by atoms with Crippen molar-refractivity contribution in [2.45, 2.75) is 47.2 Å². The predicted octanol–water partition coefficient (Wildman–Crippen LogP) is 3.86. The molecule has 1 heterocycles. The van der Waals surface area contributed by atoms with Crippen LogP contribution in [0.2, 0.25) is 0 Å². The van der Waals surface area contributed by atoms with Crippen LogP contribution in [0.1, 0.15) is 43.8 Å². The summed E-state index contributed by atoms with van der Waals surface area (Å²) < 4.78 is 2.07. The lowest BCUT2D eigenvalue weighted by Gasteiger charge is -2.13. The van der Waals surface area contributed by atoms with E-state index < -0.39 is 0 Å². The summed E-state index contributed by atoms with van der Waals surface area (Å²) in [7, 11) is 0. The Hall–Kier alpha value is -1.61. The van der Waals surface area contributed by atoms with Gasteiger partial charge in [-0.2, -0.15) is 5.10 Å². The molecule has 2 aromatic rings. The van der Waals surface area contributed by atoms with Gasteiger partial charge in [-0.3, -0.25) is 4.68 Å². The Balaban J connectivity index is 2.33. The molecular formula is C17H25N3. The maximum atomic E-state index is 4.60. The molecule has 20 heavy (non-hydrogen) atoms. The van der Waals surface area contributed by atoms with Crippen molar-refractivity contribution in [2.75, 3.05) is 6.54 Å². The Labute approximate surface area is 122 Å². The van der Waals surface area contributed by atoms with Gasteiger partial charge in [0.2, 0.25) is 0 Å². The first kappa shape index (κ1) is 14.8. The minimum Gasteiger partial charge on any atom is -0.310 e. The van der Waals surface area contributed by atoms with Gasteiger partial charge in [0.1, 0.15) is 0 Å². The SMILES string of the molecule is CCNC(C)c1ccc(-c2c(C)nn(CC)c2C)cc1. The van der Waals surface area contributed by atoms with Gasteiger partial charge in [-0.25, -0.2) is 0 Å². The highest BCUT2D eigenvalue weighted by atomic mass is 15.3. The Kier molecular flexibility index (Phi) is 4.61. The van der Waals surface area contributed by atoms with Gasteiger partial charge in [-0.1, -0.05) is 31.2 Å². The van der Waals surface area contributed by atoms with E-state index in [1.807, 2.05) is 0 Å². The molecule has 0 aliphatic heterocycles. The average Bonchev–Trinajstić information content (AvgIpc) is 2.74. The molecule has 108 valence electrons. The van der Waals surface area contributed by atoms with Gasteiger partial charge >= 0.3 is 0 Å². The molecule has 2 rings (SSSR count). The van der Waals surface area contributed by atoms with Crippen LogP contribution >= 0.6 is 0 Å². The van der Waals surface area contributed by atoms with Gasteiger partial charge in [0, 0.05) is 23.8 Å². The minimum absolute atomic E-state index is 0.398. The molecule has 3 nitrogen and oxygen atoms in total. The zero-order chi connectivity index (χ0) is 14.7.